The van der Waals surface area contributed by atoms with Crippen LogP contribution in [0.4, 0.5) is 10.5 Å². The number of carbonyl (C=O) groups is 1. The number of amides is 2. The molecule has 1 aliphatic rings. The maximum atomic E-state index is 14.1. The second-order valence-corrected chi connectivity index (χ2v) is 11.6. The molecule has 4 heteroatoms. The number of rotatable bonds is 10. The zero-order valence-corrected chi connectivity index (χ0v) is 24.5. The number of hydrogen-bond acceptors (Lipinski definition) is 2. The van der Waals surface area contributed by atoms with Crippen LogP contribution in [0, 0.1) is 0 Å². The maximum Gasteiger partial charge on any atom is 0.322 e. The van der Waals surface area contributed by atoms with Gasteiger partial charge < -0.3 is 15.0 Å². The van der Waals surface area contributed by atoms with Crippen molar-refractivity contribution in [2.75, 3.05) is 11.9 Å². The summed E-state index contributed by atoms with van der Waals surface area (Å²) in [6, 6.07) is 25.7. The Bertz CT molecular complexity index is 1150. The largest absolute Gasteiger partial charge is 0.494 e. The molecule has 0 atom stereocenters. The zero-order chi connectivity index (χ0) is 27.8. The molecule has 208 valence electrons. The molecule has 1 aliphatic carbocycles. The number of nitrogens with one attached hydrogen (secondary N) is 1. The minimum atomic E-state index is -0.000490. The van der Waals surface area contributed by atoms with E-state index in [2.05, 4.69) is 105 Å². The number of ether oxygens (including phenoxy) is 1. The summed E-state index contributed by atoms with van der Waals surface area (Å²) in [5.41, 5.74) is 5.92. The molecule has 4 nitrogen and oxygen atoms in total. The third-order valence-corrected chi connectivity index (χ3v) is 8.02. The fourth-order valence-corrected chi connectivity index (χ4v) is 5.79. The molecule has 0 aromatic heterocycles. The Morgan fingerprint density at radius 3 is 2.03 bits per heavy atom. The third-order valence-electron chi connectivity index (χ3n) is 8.02. The maximum absolute atomic E-state index is 14.1. The lowest BCUT2D eigenvalue weighted by Gasteiger charge is -2.37. The van der Waals surface area contributed by atoms with Crippen LogP contribution < -0.4 is 10.1 Å². The van der Waals surface area contributed by atoms with Crippen LogP contribution in [0.5, 0.6) is 5.75 Å². The van der Waals surface area contributed by atoms with Crippen molar-refractivity contribution >= 4 is 11.7 Å². The zero-order valence-electron chi connectivity index (χ0n) is 24.5. The number of para-hydroxylation sites is 1. The molecule has 0 spiro atoms. The number of anilines is 1. The number of benzene rings is 3. The molecule has 0 heterocycles. The van der Waals surface area contributed by atoms with Crippen LogP contribution in [-0.2, 0) is 6.54 Å². The lowest BCUT2D eigenvalue weighted by Crippen LogP contribution is -2.44. The fraction of sp³-hybridized carbons (Fsp3) is 0.457. The summed E-state index contributed by atoms with van der Waals surface area (Å²) in [4.78, 5) is 16.2. The summed E-state index contributed by atoms with van der Waals surface area (Å²) in [6.07, 6.45) is 5.20. The minimum Gasteiger partial charge on any atom is -0.494 e. The first kappa shape index (κ1) is 28.7. The SMILES string of the molecule is CCCOc1ccc(CN(C(=O)Nc2c(C(C)C)cccc2C(C)C)C2CCC(c3ccccc3)CC2)cc1. The van der Waals surface area contributed by atoms with Crippen molar-refractivity contribution in [3.05, 3.63) is 95.1 Å². The normalized spacial score (nSPS) is 17.3. The number of urea groups is 1. The van der Waals surface area contributed by atoms with Crippen molar-refractivity contribution in [2.24, 2.45) is 0 Å². The lowest BCUT2D eigenvalue weighted by molar-refractivity contribution is 0.158. The van der Waals surface area contributed by atoms with Gasteiger partial charge in [-0.1, -0.05) is 95.3 Å². The Labute approximate surface area is 235 Å². The van der Waals surface area contributed by atoms with E-state index in [1.54, 1.807) is 0 Å². The van der Waals surface area contributed by atoms with Crippen LogP contribution in [-0.4, -0.2) is 23.6 Å². The molecule has 0 saturated heterocycles. The lowest BCUT2D eigenvalue weighted by atomic mass is 9.81. The fourth-order valence-electron chi connectivity index (χ4n) is 5.79. The van der Waals surface area contributed by atoms with Crippen molar-refractivity contribution in [2.45, 2.75) is 97.1 Å². The second kappa shape index (κ2) is 13.7. The predicted octanol–water partition coefficient (Wildman–Crippen LogP) is 9.48. The van der Waals surface area contributed by atoms with Gasteiger partial charge in [0.1, 0.15) is 5.75 Å². The van der Waals surface area contributed by atoms with Crippen LogP contribution in [0.2, 0.25) is 0 Å². The molecule has 1 saturated carbocycles. The van der Waals surface area contributed by atoms with Crippen LogP contribution in [0.25, 0.3) is 0 Å². The Morgan fingerprint density at radius 1 is 0.846 bits per heavy atom. The van der Waals surface area contributed by atoms with Gasteiger partial charge in [0, 0.05) is 18.3 Å². The van der Waals surface area contributed by atoms with Crippen molar-refractivity contribution < 1.29 is 9.53 Å². The molecule has 3 aromatic rings. The van der Waals surface area contributed by atoms with Crippen LogP contribution >= 0.6 is 0 Å². The molecule has 39 heavy (non-hydrogen) atoms. The Kier molecular flexibility index (Phi) is 10.1. The van der Waals surface area contributed by atoms with Crippen molar-refractivity contribution in [1.82, 2.24) is 4.90 Å². The first-order valence-corrected chi connectivity index (χ1v) is 14.8. The molecule has 0 unspecified atom stereocenters. The molecule has 3 aromatic carbocycles. The summed E-state index contributed by atoms with van der Waals surface area (Å²) in [5, 5.41) is 3.40. The summed E-state index contributed by atoms with van der Waals surface area (Å²) in [7, 11) is 0. The van der Waals surface area contributed by atoms with E-state index in [0.717, 1.165) is 49.1 Å². The van der Waals surface area contributed by atoms with E-state index < -0.39 is 0 Å². The van der Waals surface area contributed by atoms with Gasteiger partial charge in [-0.15, -0.1) is 0 Å². The van der Waals surface area contributed by atoms with Gasteiger partial charge in [-0.05, 0) is 84.2 Å². The smallest absolute Gasteiger partial charge is 0.322 e. The van der Waals surface area contributed by atoms with E-state index in [1.165, 1.54) is 16.7 Å². The first-order chi connectivity index (χ1) is 18.9. The Balaban J connectivity index is 1.57. The molecule has 4 rings (SSSR count). The van der Waals surface area contributed by atoms with Gasteiger partial charge in [-0.2, -0.15) is 0 Å². The van der Waals surface area contributed by atoms with E-state index in [9.17, 15) is 4.79 Å². The van der Waals surface area contributed by atoms with Crippen molar-refractivity contribution in [1.29, 1.82) is 0 Å². The van der Waals surface area contributed by atoms with Crippen LogP contribution in [0.1, 0.15) is 107 Å². The van der Waals surface area contributed by atoms with Gasteiger partial charge in [0.25, 0.3) is 0 Å². The summed E-state index contributed by atoms with van der Waals surface area (Å²) < 4.78 is 5.79. The van der Waals surface area contributed by atoms with Crippen molar-refractivity contribution in [3.8, 4) is 5.75 Å². The van der Waals surface area contributed by atoms with Crippen LogP contribution in [0.15, 0.2) is 72.8 Å². The van der Waals surface area contributed by atoms with Crippen LogP contribution in [0.3, 0.4) is 0 Å². The standard InChI is InChI=1S/C35H46N2O2/c1-6-23-39-31-21-15-27(16-22-31)24-37(30-19-17-29(18-20-30)28-11-8-7-9-12-28)35(38)36-34-32(25(2)3)13-10-14-33(34)26(4)5/h7-16,21-22,25-26,29-30H,6,17-20,23-24H2,1-5H3,(H,36,38). The van der Waals surface area contributed by atoms with E-state index in [0.29, 0.717) is 30.9 Å². The highest BCUT2D eigenvalue weighted by molar-refractivity contribution is 5.91. The quantitative estimate of drug-likeness (QED) is 0.286. The minimum absolute atomic E-state index is 0.000490. The molecule has 0 bridgehead atoms. The predicted molar refractivity (Wildman–Crippen MR) is 163 cm³/mol. The molecular formula is C35H46N2O2. The van der Waals surface area contributed by atoms with Gasteiger partial charge in [0.15, 0.2) is 0 Å². The highest BCUT2D eigenvalue weighted by atomic mass is 16.5. The third kappa shape index (κ3) is 7.44. The monoisotopic (exact) mass is 526 g/mol. The first-order valence-electron chi connectivity index (χ1n) is 14.8. The average molecular weight is 527 g/mol. The average Bonchev–Trinajstić information content (AvgIpc) is 2.95. The van der Waals surface area contributed by atoms with E-state index in [1.807, 2.05) is 12.1 Å². The Morgan fingerprint density at radius 2 is 1.46 bits per heavy atom. The van der Waals surface area contributed by atoms with Gasteiger partial charge in [0.05, 0.1) is 6.61 Å². The number of carbonyl (C=O) groups excluding carboxylic acids is 1. The molecule has 1 fully saturated rings. The summed E-state index contributed by atoms with van der Waals surface area (Å²) in [6.45, 7) is 12.2. The van der Waals surface area contributed by atoms with E-state index >= 15 is 0 Å². The van der Waals surface area contributed by atoms with Crippen molar-refractivity contribution in [3.63, 3.8) is 0 Å². The molecule has 2 amide bonds. The summed E-state index contributed by atoms with van der Waals surface area (Å²) in [5.74, 6) is 2.10. The second-order valence-electron chi connectivity index (χ2n) is 11.6. The molecule has 0 radical (unpaired) electrons. The van der Waals surface area contributed by atoms with Gasteiger partial charge in [-0.3, -0.25) is 0 Å². The Hall–Kier alpha value is -3.27. The topological polar surface area (TPSA) is 41.6 Å². The van der Waals surface area contributed by atoms with E-state index in [4.69, 9.17) is 4.74 Å². The number of nitrogens with zero attached hydrogens (tertiary/aromatic N) is 1. The highest BCUT2D eigenvalue weighted by Gasteiger charge is 2.30. The van der Waals surface area contributed by atoms with Gasteiger partial charge >= 0.3 is 6.03 Å². The van der Waals surface area contributed by atoms with E-state index in [-0.39, 0.29) is 12.1 Å². The highest BCUT2D eigenvalue weighted by Crippen LogP contribution is 2.37. The summed E-state index contributed by atoms with van der Waals surface area (Å²) >= 11 is 0. The molecule has 1 N–H and O–H groups in total. The van der Waals surface area contributed by atoms with Gasteiger partial charge in [0.2, 0.25) is 0 Å². The van der Waals surface area contributed by atoms with Gasteiger partial charge in [-0.25, -0.2) is 4.79 Å². The number of hydrogen-bond donors (Lipinski definition) is 1. The molecule has 0 aliphatic heterocycles. The molecular weight excluding hydrogens is 480 g/mol.